The van der Waals surface area contributed by atoms with E-state index in [4.69, 9.17) is 20.2 Å². The minimum Gasteiger partial charge on any atom is -0.493 e. The molecular formula is C17H27N3O2. The average molecular weight is 305 g/mol. The predicted molar refractivity (Wildman–Crippen MR) is 89.6 cm³/mol. The summed E-state index contributed by atoms with van der Waals surface area (Å²) in [6.45, 7) is 7.27. The molecule has 0 aliphatic rings. The first kappa shape index (κ1) is 16.6. The highest BCUT2D eigenvalue weighted by molar-refractivity contribution is 5.80. The Hall–Kier alpha value is -1.75. The van der Waals surface area contributed by atoms with Crippen LogP contribution in [-0.2, 0) is 13.0 Å². The minimum absolute atomic E-state index is 0.122. The Morgan fingerprint density at radius 1 is 1.18 bits per heavy atom. The summed E-state index contributed by atoms with van der Waals surface area (Å²) in [6.07, 6.45) is 1.86. The molecule has 5 nitrogen and oxygen atoms in total. The number of aromatic nitrogens is 2. The molecule has 2 aromatic rings. The maximum absolute atomic E-state index is 6.18. The van der Waals surface area contributed by atoms with Crippen LogP contribution < -0.4 is 15.2 Å². The molecule has 0 bridgehead atoms. The number of benzene rings is 1. The molecule has 122 valence electrons. The van der Waals surface area contributed by atoms with Crippen LogP contribution in [0.3, 0.4) is 0 Å². The van der Waals surface area contributed by atoms with Gasteiger partial charge in [0.15, 0.2) is 11.5 Å². The van der Waals surface area contributed by atoms with E-state index in [0.717, 1.165) is 42.0 Å². The van der Waals surface area contributed by atoms with Crippen LogP contribution in [0.5, 0.6) is 11.5 Å². The summed E-state index contributed by atoms with van der Waals surface area (Å²) < 4.78 is 13.0. The van der Waals surface area contributed by atoms with Crippen molar-refractivity contribution in [2.45, 2.75) is 46.2 Å². The second-order valence-electron chi connectivity index (χ2n) is 6.10. The summed E-state index contributed by atoms with van der Waals surface area (Å²) >= 11 is 0. The first-order valence-corrected chi connectivity index (χ1v) is 7.86. The zero-order valence-corrected chi connectivity index (χ0v) is 14.2. The van der Waals surface area contributed by atoms with Crippen molar-refractivity contribution in [3.8, 4) is 11.5 Å². The van der Waals surface area contributed by atoms with Crippen molar-refractivity contribution in [3.05, 3.63) is 18.0 Å². The highest BCUT2D eigenvalue weighted by Gasteiger charge is 2.17. The standard InChI is InChI=1S/C17H27N3O2/c1-6-12(18)10-20-14-9-16(22-5)15(21-4)8-13(14)19-17(20)7-11(2)3/h8-9,11-12H,6-7,10,18H2,1-5H3. The molecule has 0 fully saturated rings. The summed E-state index contributed by atoms with van der Waals surface area (Å²) in [5, 5.41) is 0. The Balaban J connectivity index is 2.58. The summed E-state index contributed by atoms with van der Waals surface area (Å²) in [7, 11) is 3.29. The monoisotopic (exact) mass is 305 g/mol. The first-order chi connectivity index (χ1) is 10.5. The Kier molecular flexibility index (Phi) is 5.29. The molecule has 1 atom stereocenters. The van der Waals surface area contributed by atoms with Crippen LogP contribution in [0.1, 0.15) is 33.0 Å². The molecule has 1 heterocycles. The lowest BCUT2D eigenvalue weighted by atomic mass is 10.1. The maximum atomic E-state index is 6.18. The van der Waals surface area contributed by atoms with Gasteiger partial charge in [-0.1, -0.05) is 20.8 Å². The number of nitrogens with two attached hydrogens (primary N) is 1. The van der Waals surface area contributed by atoms with Crippen LogP contribution in [0.4, 0.5) is 0 Å². The molecule has 0 amide bonds. The maximum Gasteiger partial charge on any atom is 0.163 e. The number of hydrogen-bond acceptors (Lipinski definition) is 4. The first-order valence-electron chi connectivity index (χ1n) is 7.86. The van der Waals surface area contributed by atoms with Crippen LogP contribution >= 0.6 is 0 Å². The Labute approximate surface area is 132 Å². The van der Waals surface area contributed by atoms with Crippen LogP contribution in [-0.4, -0.2) is 29.8 Å². The van der Waals surface area contributed by atoms with E-state index in [9.17, 15) is 0 Å². The lowest BCUT2D eigenvalue weighted by Crippen LogP contribution is -2.26. The molecule has 5 heteroatoms. The van der Waals surface area contributed by atoms with Gasteiger partial charge in [0.2, 0.25) is 0 Å². The highest BCUT2D eigenvalue weighted by Crippen LogP contribution is 2.33. The SMILES string of the molecule is CCC(N)Cn1c(CC(C)C)nc2cc(OC)c(OC)cc21. The molecule has 0 saturated carbocycles. The predicted octanol–water partition coefficient (Wildman–Crippen LogP) is 2.99. The van der Waals surface area contributed by atoms with Crippen LogP contribution in [0.15, 0.2) is 12.1 Å². The van der Waals surface area contributed by atoms with Gasteiger partial charge in [0.25, 0.3) is 0 Å². The van der Waals surface area contributed by atoms with Gasteiger partial charge in [-0.25, -0.2) is 4.98 Å². The van der Waals surface area contributed by atoms with E-state index in [2.05, 4.69) is 25.3 Å². The summed E-state index contributed by atoms with van der Waals surface area (Å²) in [5.74, 6) is 3.04. The number of rotatable bonds is 7. The van der Waals surface area contributed by atoms with Crippen LogP contribution in [0.25, 0.3) is 11.0 Å². The minimum atomic E-state index is 0.122. The molecule has 2 N–H and O–H groups in total. The molecule has 1 unspecified atom stereocenters. The normalized spacial score (nSPS) is 12.9. The van der Waals surface area contributed by atoms with E-state index in [1.807, 2.05) is 12.1 Å². The Morgan fingerprint density at radius 2 is 1.82 bits per heavy atom. The third-order valence-corrected chi connectivity index (χ3v) is 3.86. The van der Waals surface area contributed by atoms with Crippen molar-refractivity contribution in [2.24, 2.45) is 11.7 Å². The van der Waals surface area contributed by atoms with E-state index in [-0.39, 0.29) is 6.04 Å². The van der Waals surface area contributed by atoms with Crippen molar-refractivity contribution in [2.75, 3.05) is 14.2 Å². The lowest BCUT2D eigenvalue weighted by Gasteiger charge is -2.15. The summed E-state index contributed by atoms with van der Waals surface area (Å²) in [5.41, 5.74) is 8.16. The van der Waals surface area contributed by atoms with Crippen molar-refractivity contribution >= 4 is 11.0 Å². The van der Waals surface area contributed by atoms with E-state index in [1.54, 1.807) is 14.2 Å². The Morgan fingerprint density at radius 3 is 2.36 bits per heavy atom. The van der Waals surface area contributed by atoms with E-state index >= 15 is 0 Å². The molecule has 2 rings (SSSR count). The number of nitrogens with zero attached hydrogens (tertiary/aromatic N) is 2. The molecule has 0 saturated heterocycles. The van der Waals surface area contributed by atoms with Gasteiger partial charge < -0.3 is 19.8 Å². The fraction of sp³-hybridized carbons (Fsp3) is 0.588. The topological polar surface area (TPSA) is 62.3 Å². The van der Waals surface area contributed by atoms with Gasteiger partial charge in [-0.2, -0.15) is 0 Å². The zero-order valence-electron chi connectivity index (χ0n) is 14.2. The van der Waals surface area contributed by atoms with Crippen LogP contribution in [0.2, 0.25) is 0 Å². The van der Waals surface area contributed by atoms with Crippen molar-refractivity contribution < 1.29 is 9.47 Å². The van der Waals surface area contributed by atoms with Gasteiger partial charge in [0, 0.05) is 31.1 Å². The van der Waals surface area contributed by atoms with Crippen molar-refractivity contribution in [3.63, 3.8) is 0 Å². The lowest BCUT2D eigenvalue weighted by molar-refractivity contribution is 0.355. The molecule has 0 radical (unpaired) electrons. The molecular weight excluding hydrogens is 278 g/mol. The highest BCUT2D eigenvalue weighted by atomic mass is 16.5. The van der Waals surface area contributed by atoms with Gasteiger partial charge in [0.05, 0.1) is 25.3 Å². The molecule has 1 aromatic heterocycles. The number of ether oxygens (including phenoxy) is 2. The van der Waals surface area contributed by atoms with Gasteiger partial charge in [-0.15, -0.1) is 0 Å². The third kappa shape index (κ3) is 3.35. The fourth-order valence-electron chi connectivity index (χ4n) is 2.59. The van der Waals surface area contributed by atoms with Crippen molar-refractivity contribution in [1.82, 2.24) is 9.55 Å². The van der Waals surface area contributed by atoms with Gasteiger partial charge in [-0.05, 0) is 12.3 Å². The van der Waals surface area contributed by atoms with Gasteiger partial charge >= 0.3 is 0 Å². The molecule has 0 spiro atoms. The molecule has 0 aliphatic carbocycles. The second-order valence-corrected chi connectivity index (χ2v) is 6.10. The zero-order chi connectivity index (χ0) is 16.3. The number of methoxy groups -OCH3 is 2. The van der Waals surface area contributed by atoms with Gasteiger partial charge in [-0.3, -0.25) is 0 Å². The second kappa shape index (κ2) is 7.01. The molecule has 0 aliphatic heterocycles. The molecule has 1 aromatic carbocycles. The molecule has 22 heavy (non-hydrogen) atoms. The number of hydrogen-bond donors (Lipinski definition) is 1. The quantitative estimate of drug-likeness (QED) is 0.854. The Bertz CT molecular complexity index is 634. The van der Waals surface area contributed by atoms with E-state index in [0.29, 0.717) is 11.7 Å². The summed E-state index contributed by atoms with van der Waals surface area (Å²) in [4.78, 5) is 4.80. The van der Waals surface area contributed by atoms with E-state index in [1.165, 1.54) is 0 Å². The summed E-state index contributed by atoms with van der Waals surface area (Å²) in [6, 6.07) is 4.05. The third-order valence-electron chi connectivity index (χ3n) is 3.86. The fourth-order valence-corrected chi connectivity index (χ4v) is 2.59. The largest absolute Gasteiger partial charge is 0.493 e. The number of fused-ring (bicyclic) bond motifs is 1. The smallest absolute Gasteiger partial charge is 0.163 e. The van der Waals surface area contributed by atoms with Crippen LogP contribution in [0, 0.1) is 5.92 Å². The van der Waals surface area contributed by atoms with Crippen molar-refractivity contribution in [1.29, 1.82) is 0 Å². The van der Waals surface area contributed by atoms with E-state index < -0.39 is 0 Å². The van der Waals surface area contributed by atoms with Gasteiger partial charge in [0.1, 0.15) is 5.82 Å². The number of imidazole rings is 1. The average Bonchev–Trinajstić information content (AvgIpc) is 2.81.